The van der Waals surface area contributed by atoms with E-state index >= 15 is 0 Å². The Labute approximate surface area is 144 Å². The van der Waals surface area contributed by atoms with Crippen LogP contribution >= 0.6 is 0 Å². The number of anilines is 2. The van der Waals surface area contributed by atoms with Gasteiger partial charge in [-0.1, -0.05) is 6.07 Å². The number of hydrogen-bond donors (Lipinski definition) is 2. The molecular formula is C18H14N6O. The molecule has 2 aromatic heterocycles. The fourth-order valence-corrected chi connectivity index (χ4v) is 2.09. The lowest BCUT2D eigenvalue weighted by Gasteiger charge is -2.07. The molecule has 0 bridgehead atoms. The molecule has 7 nitrogen and oxygen atoms in total. The number of rotatable bonds is 5. The summed E-state index contributed by atoms with van der Waals surface area (Å²) in [7, 11) is 0. The largest absolute Gasteiger partial charge is 0.365 e. The predicted octanol–water partition coefficient (Wildman–Crippen LogP) is 2.61. The van der Waals surface area contributed by atoms with E-state index in [4.69, 9.17) is 5.26 Å². The minimum atomic E-state index is -0.386. The van der Waals surface area contributed by atoms with Crippen LogP contribution in [0.1, 0.15) is 21.6 Å². The van der Waals surface area contributed by atoms with Crippen LogP contribution in [-0.4, -0.2) is 20.9 Å². The second-order valence-corrected chi connectivity index (χ2v) is 5.14. The number of hydrogen-bond acceptors (Lipinski definition) is 6. The summed E-state index contributed by atoms with van der Waals surface area (Å²) < 4.78 is 0. The van der Waals surface area contributed by atoms with Gasteiger partial charge in [-0.15, -0.1) is 0 Å². The molecule has 0 spiro atoms. The molecule has 7 heteroatoms. The van der Waals surface area contributed by atoms with Crippen molar-refractivity contribution in [3.63, 3.8) is 0 Å². The van der Waals surface area contributed by atoms with Gasteiger partial charge in [-0.3, -0.25) is 9.78 Å². The lowest BCUT2D eigenvalue weighted by Crippen LogP contribution is -2.14. The van der Waals surface area contributed by atoms with Crippen molar-refractivity contribution in [1.82, 2.24) is 15.0 Å². The van der Waals surface area contributed by atoms with Crippen LogP contribution in [0, 0.1) is 11.3 Å². The standard InChI is InChI=1S/C18H14N6O/c19-9-14-2-1-3-15(8-14)24-18(25)16-11-23-17(12-21-16)22-10-13-4-6-20-7-5-13/h1-8,11-12H,10H2,(H,22,23)(H,24,25). The van der Waals surface area contributed by atoms with E-state index in [1.54, 1.807) is 36.7 Å². The lowest BCUT2D eigenvalue weighted by molar-refractivity contribution is 0.102. The molecule has 2 heterocycles. The van der Waals surface area contributed by atoms with E-state index in [9.17, 15) is 4.79 Å². The Balaban J connectivity index is 1.61. The van der Waals surface area contributed by atoms with Crippen LogP contribution in [-0.2, 0) is 6.54 Å². The number of benzene rings is 1. The summed E-state index contributed by atoms with van der Waals surface area (Å²) in [4.78, 5) is 24.4. The molecule has 3 aromatic rings. The Morgan fingerprint density at radius 2 is 1.96 bits per heavy atom. The first-order chi connectivity index (χ1) is 12.2. The zero-order chi connectivity index (χ0) is 17.5. The number of pyridine rings is 1. The Morgan fingerprint density at radius 1 is 1.12 bits per heavy atom. The monoisotopic (exact) mass is 330 g/mol. The molecule has 25 heavy (non-hydrogen) atoms. The maximum atomic E-state index is 12.2. The molecule has 0 aliphatic heterocycles. The summed E-state index contributed by atoms with van der Waals surface area (Å²) >= 11 is 0. The number of carbonyl (C=O) groups is 1. The molecule has 1 amide bonds. The Morgan fingerprint density at radius 3 is 2.68 bits per heavy atom. The maximum Gasteiger partial charge on any atom is 0.275 e. The summed E-state index contributed by atoms with van der Waals surface area (Å²) in [6, 6.07) is 12.5. The second-order valence-electron chi connectivity index (χ2n) is 5.14. The van der Waals surface area contributed by atoms with E-state index in [1.807, 2.05) is 18.2 Å². The molecule has 0 radical (unpaired) electrons. The van der Waals surface area contributed by atoms with Crippen LogP contribution in [0.25, 0.3) is 0 Å². The van der Waals surface area contributed by atoms with Gasteiger partial charge in [0.1, 0.15) is 11.5 Å². The second kappa shape index (κ2) is 7.66. The van der Waals surface area contributed by atoms with Gasteiger partial charge in [0.15, 0.2) is 0 Å². The van der Waals surface area contributed by atoms with Gasteiger partial charge in [0, 0.05) is 24.6 Å². The summed E-state index contributed by atoms with van der Waals surface area (Å²) in [6.45, 7) is 0.587. The van der Waals surface area contributed by atoms with Crippen LogP contribution in [0.5, 0.6) is 0 Å². The predicted molar refractivity (Wildman–Crippen MR) is 92.7 cm³/mol. The van der Waals surface area contributed by atoms with E-state index in [0.717, 1.165) is 5.56 Å². The van der Waals surface area contributed by atoms with Gasteiger partial charge in [0.25, 0.3) is 5.91 Å². The van der Waals surface area contributed by atoms with Gasteiger partial charge in [0.05, 0.1) is 24.0 Å². The number of nitrogens with one attached hydrogen (secondary N) is 2. The van der Waals surface area contributed by atoms with Gasteiger partial charge in [-0.2, -0.15) is 5.26 Å². The van der Waals surface area contributed by atoms with Gasteiger partial charge >= 0.3 is 0 Å². The Bertz CT molecular complexity index is 903. The minimum Gasteiger partial charge on any atom is -0.365 e. The van der Waals surface area contributed by atoms with E-state index in [-0.39, 0.29) is 11.6 Å². The molecule has 122 valence electrons. The van der Waals surface area contributed by atoms with E-state index < -0.39 is 0 Å². The quantitative estimate of drug-likeness (QED) is 0.745. The number of aromatic nitrogens is 3. The topological polar surface area (TPSA) is 104 Å². The summed E-state index contributed by atoms with van der Waals surface area (Å²) in [5, 5.41) is 14.7. The normalized spacial score (nSPS) is 9.88. The van der Waals surface area contributed by atoms with Crippen molar-refractivity contribution in [2.45, 2.75) is 6.54 Å². The molecule has 0 unspecified atom stereocenters. The van der Waals surface area contributed by atoms with Crippen molar-refractivity contribution in [2.24, 2.45) is 0 Å². The SMILES string of the molecule is N#Cc1cccc(NC(=O)c2cnc(NCc3ccncc3)cn2)c1. The highest BCUT2D eigenvalue weighted by atomic mass is 16.1. The van der Waals surface area contributed by atoms with E-state index in [0.29, 0.717) is 23.6 Å². The number of amides is 1. The van der Waals surface area contributed by atoms with Gasteiger partial charge in [-0.25, -0.2) is 9.97 Å². The van der Waals surface area contributed by atoms with Gasteiger partial charge in [-0.05, 0) is 35.9 Å². The van der Waals surface area contributed by atoms with Crippen molar-refractivity contribution >= 4 is 17.4 Å². The Kier molecular flexibility index (Phi) is 4.93. The van der Waals surface area contributed by atoms with Crippen LogP contribution < -0.4 is 10.6 Å². The zero-order valence-corrected chi connectivity index (χ0v) is 13.2. The molecule has 0 saturated heterocycles. The molecule has 2 N–H and O–H groups in total. The van der Waals surface area contributed by atoms with E-state index in [1.165, 1.54) is 12.4 Å². The molecule has 0 atom stereocenters. The highest BCUT2D eigenvalue weighted by Gasteiger charge is 2.09. The van der Waals surface area contributed by atoms with Crippen molar-refractivity contribution in [1.29, 1.82) is 5.26 Å². The zero-order valence-electron chi connectivity index (χ0n) is 13.2. The molecule has 0 fully saturated rings. The van der Waals surface area contributed by atoms with Crippen LogP contribution in [0.15, 0.2) is 61.2 Å². The highest BCUT2D eigenvalue weighted by Crippen LogP contribution is 2.11. The van der Waals surface area contributed by atoms with Crippen LogP contribution in [0.2, 0.25) is 0 Å². The lowest BCUT2D eigenvalue weighted by atomic mass is 10.2. The fraction of sp³-hybridized carbons (Fsp3) is 0.0556. The highest BCUT2D eigenvalue weighted by molar-refractivity contribution is 6.02. The fourth-order valence-electron chi connectivity index (χ4n) is 2.09. The summed E-state index contributed by atoms with van der Waals surface area (Å²) in [5.74, 6) is 0.183. The average molecular weight is 330 g/mol. The molecular weight excluding hydrogens is 316 g/mol. The van der Waals surface area contributed by atoms with Crippen LogP contribution in [0.3, 0.4) is 0 Å². The third-order valence-electron chi connectivity index (χ3n) is 3.36. The number of nitrogens with zero attached hydrogens (tertiary/aromatic N) is 4. The summed E-state index contributed by atoms with van der Waals surface area (Å²) in [6.07, 6.45) is 6.34. The first-order valence-corrected chi connectivity index (χ1v) is 7.51. The van der Waals surface area contributed by atoms with Gasteiger partial charge < -0.3 is 10.6 Å². The van der Waals surface area contributed by atoms with Crippen molar-refractivity contribution in [3.05, 3.63) is 78.0 Å². The molecule has 1 aromatic carbocycles. The maximum absolute atomic E-state index is 12.2. The first-order valence-electron chi connectivity index (χ1n) is 7.51. The minimum absolute atomic E-state index is 0.192. The van der Waals surface area contributed by atoms with Crippen LogP contribution in [0.4, 0.5) is 11.5 Å². The van der Waals surface area contributed by atoms with Gasteiger partial charge in [0.2, 0.25) is 0 Å². The Hall–Kier alpha value is -3.79. The number of carbonyl (C=O) groups excluding carboxylic acids is 1. The third-order valence-corrected chi connectivity index (χ3v) is 3.36. The molecule has 0 saturated carbocycles. The van der Waals surface area contributed by atoms with Crippen molar-refractivity contribution < 1.29 is 4.79 Å². The smallest absolute Gasteiger partial charge is 0.275 e. The molecule has 3 rings (SSSR count). The van der Waals surface area contributed by atoms with Crippen molar-refractivity contribution in [3.8, 4) is 6.07 Å². The first kappa shape index (κ1) is 16.1. The third kappa shape index (κ3) is 4.36. The van der Waals surface area contributed by atoms with Crippen molar-refractivity contribution in [2.75, 3.05) is 10.6 Å². The summed E-state index contributed by atoms with van der Waals surface area (Å²) in [5.41, 5.74) is 2.26. The average Bonchev–Trinajstić information content (AvgIpc) is 2.67. The molecule has 0 aliphatic rings. The molecule has 0 aliphatic carbocycles. The number of nitriles is 1. The van der Waals surface area contributed by atoms with E-state index in [2.05, 4.69) is 25.6 Å².